The van der Waals surface area contributed by atoms with Crippen molar-refractivity contribution in [2.45, 2.75) is 103 Å². The number of hydrogen-bond acceptors (Lipinski definition) is 7. The molecule has 0 aromatic rings. The minimum atomic E-state index is -4.38. The summed E-state index contributed by atoms with van der Waals surface area (Å²) < 4.78 is 26.1. The fraction of sp³-hybridized carbons (Fsp3) is 0.588. The first-order valence-electron chi connectivity index (χ1n) is 15.9. The molecule has 0 saturated carbocycles. The van der Waals surface area contributed by atoms with E-state index in [-0.39, 0.29) is 32.1 Å². The lowest BCUT2D eigenvalue weighted by Crippen LogP contribution is -2.26. The molecule has 0 bridgehead atoms. The highest BCUT2D eigenvalue weighted by Gasteiger charge is 2.23. The van der Waals surface area contributed by atoms with Crippen molar-refractivity contribution in [3.05, 3.63) is 72.9 Å². The van der Waals surface area contributed by atoms with E-state index in [9.17, 15) is 24.2 Å². The van der Waals surface area contributed by atoms with Crippen LogP contribution in [0.15, 0.2) is 72.9 Å². The SMILES string of the molecule is CC/C=C\C/C=C\C/C=C\C/C=C\C/C=C\C/C=C\CCCCCCC(=O)OCC(O)COP(=O)(O)OCCNC(=O)CC. The Morgan fingerprint density at radius 3 is 1.80 bits per heavy atom. The molecule has 0 radical (unpaired) electrons. The summed E-state index contributed by atoms with van der Waals surface area (Å²) in [4.78, 5) is 32.5. The molecule has 0 aromatic carbocycles. The van der Waals surface area contributed by atoms with Gasteiger partial charge in [-0.05, 0) is 57.8 Å². The number of esters is 1. The Bertz CT molecular complexity index is 955. The fourth-order valence-electron chi connectivity index (χ4n) is 3.53. The molecule has 0 fully saturated rings. The third-order valence-corrected chi connectivity index (χ3v) is 6.95. The molecule has 250 valence electrons. The first-order chi connectivity index (χ1) is 21.3. The van der Waals surface area contributed by atoms with Crippen LogP contribution in [0.2, 0.25) is 0 Å². The van der Waals surface area contributed by atoms with Gasteiger partial charge < -0.3 is 20.1 Å². The number of allylic oxidation sites excluding steroid dienone is 12. The Morgan fingerprint density at radius 1 is 0.727 bits per heavy atom. The van der Waals surface area contributed by atoms with Gasteiger partial charge in [-0.1, -0.05) is 99.6 Å². The highest BCUT2D eigenvalue weighted by atomic mass is 31.2. The third kappa shape index (κ3) is 30.9. The number of carbonyl (C=O) groups excluding carboxylic acids is 2. The lowest BCUT2D eigenvalue weighted by Gasteiger charge is -2.15. The number of phosphoric acid groups is 1. The molecule has 0 spiro atoms. The van der Waals surface area contributed by atoms with Crippen LogP contribution in [0.3, 0.4) is 0 Å². The van der Waals surface area contributed by atoms with Crippen LogP contribution in [0.4, 0.5) is 0 Å². The normalized spacial score (nSPS) is 14.5. The molecule has 0 aromatic heterocycles. The average molecular weight is 638 g/mol. The van der Waals surface area contributed by atoms with Crippen molar-refractivity contribution < 1.29 is 37.9 Å². The van der Waals surface area contributed by atoms with Gasteiger partial charge in [0, 0.05) is 19.4 Å². The Balaban J connectivity index is 3.67. The zero-order valence-corrected chi connectivity index (χ0v) is 27.7. The number of aliphatic hydroxyl groups excluding tert-OH is 1. The van der Waals surface area contributed by atoms with E-state index in [1.807, 2.05) is 0 Å². The summed E-state index contributed by atoms with van der Waals surface area (Å²) in [6.45, 7) is 2.80. The number of ether oxygens (including phenoxy) is 1. The van der Waals surface area contributed by atoms with Crippen LogP contribution in [0.25, 0.3) is 0 Å². The number of phosphoric ester groups is 1. The van der Waals surface area contributed by atoms with Crippen molar-refractivity contribution in [3.8, 4) is 0 Å². The summed E-state index contributed by atoms with van der Waals surface area (Å²) in [5.41, 5.74) is 0. The molecule has 44 heavy (non-hydrogen) atoms. The topological polar surface area (TPSA) is 131 Å². The molecule has 0 aliphatic heterocycles. The van der Waals surface area contributed by atoms with Gasteiger partial charge in [-0.15, -0.1) is 0 Å². The van der Waals surface area contributed by atoms with E-state index < -0.39 is 26.5 Å². The van der Waals surface area contributed by atoms with Crippen LogP contribution in [-0.4, -0.2) is 54.3 Å². The minimum absolute atomic E-state index is 0.0588. The Morgan fingerprint density at radius 2 is 1.25 bits per heavy atom. The number of nitrogens with one attached hydrogen (secondary N) is 1. The fourth-order valence-corrected chi connectivity index (χ4v) is 4.29. The Labute approximate surface area is 265 Å². The number of carbonyl (C=O) groups is 2. The quantitative estimate of drug-likeness (QED) is 0.0346. The van der Waals surface area contributed by atoms with E-state index in [1.165, 1.54) is 0 Å². The van der Waals surface area contributed by atoms with Gasteiger partial charge in [0.25, 0.3) is 0 Å². The third-order valence-electron chi connectivity index (χ3n) is 5.96. The van der Waals surface area contributed by atoms with Gasteiger partial charge >= 0.3 is 13.8 Å². The van der Waals surface area contributed by atoms with Crippen LogP contribution in [-0.2, 0) is 27.9 Å². The van der Waals surface area contributed by atoms with Gasteiger partial charge in [0.2, 0.25) is 5.91 Å². The largest absolute Gasteiger partial charge is 0.472 e. The molecule has 2 unspecified atom stereocenters. The summed E-state index contributed by atoms with van der Waals surface area (Å²) in [7, 11) is -4.38. The Kier molecular flexibility index (Phi) is 28.7. The summed E-state index contributed by atoms with van der Waals surface area (Å²) >= 11 is 0. The molecule has 0 aliphatic carbocycles. The second-order valence-corrected chi connectivity index (χ2v) is 11.5. The van der Waals surface area contributed by atoms with Crippen molar-refractivity contribution in [2.24, 2.45) is 0 Å². The predicted molar refractivity (Wildman–Crippen MR) is 178 cm³/mol. The second kappa shape index (κ2) is 30.5. The van der Waals surface area contributed by atoms with Crippen LogP contribution >= 0.6 is 7.82 Å². The maximum atomic E-state index is 11.9. The lowest BCUT2D eigenvalue weighted by molar-refractivity contribution is -0.147. The molecular weight excluding hydrogens is 581 g/mol. The average Bonchev–Trinajstić information content (AvgIpc) is 3.01. The molecule has 0 saturated heterocycles. The molecule has 1 amide bonds. The molecule has 10 heteroatoms. The van der Waals surface area contributed by atoms with Gasteiger partial charge in [-0.25, -0.2) is 4.57 Å². The molecule has 3 N–H and O–H groups in total. The van der Waals surface area contributed by atoms with E-state index in [2.05, 4.69) is 89.7 Å². The highest BCUT2D eigenvalue weighted by molar-refractivity contribution is 7.47. The van der Waals surface area contributed by atoms with E-state index in [0.29, 0.717) is 12.8 Å². The van der Waals surface area contributed by atoms with Gasteiger partial charge in [0.05, 0.1) is 13.2 Å². The zero-order chi connectivity index (χ0) is 32.6. The van der Waals surface area contributed by atoms with Crippen LogP contribution in [0.5, 0.6) is 0 Å². The smallest absolute Gasteiger partial charge is 0.463 e. The Hall–Kier alpha value is -2.55. The number of unbranched alkanes of at least 4 members (excludes halogenated alkanes) is 4. The summed E-state index contributed by atoms with van der Waals surface area (Å²) in [5.74, 6) is -0.642. The summed E-state index contributed by atoms with van der Waals surface area (Å²) in [6.07, 6.45) is 36.2. The van der Waals surface area contributed by atoms with Gasteiger partial charge in [0.15, 0.2) is 0 Å². The van der Waals surface area contributed by atoms with Crippen molar-refractivity contribution in [1.29, 1.82) is 0 Å². The number of aliphatic hydroxyl groups is 1. The van der Waals surface area contributed by atoms with E-state index in [0.717, 1.165) is 64.2 Å². The van der Waals surface area contributed by atoms with E-state index in [1.54, 1.807) is 6.92 Å². The minimum Gasteiger partial charge on any atom is -0.463 e. The lowest BCUT2D eigenvalue weighted by atomic mass is 10.1. The summed E-state index contributed by atoms with van der Waals surface area (Å²) in [5, 5.41) is 12.3. The number of rotatable bonds is 28. The molecule has 2 atom stereocenters. The molecule has 0 heterocycles. The van der Waals surface area contributed by atoms with Crippen LogP contribution in [0, 0.1) is 0 Å². The van der Waals surface area contributed by atoms with E-state index >= 15 is 0 Å². The van der Waals surface area contributed by atoms with Gasteiger partial charge in [-0.3, -0.25) is 18.6 Å². The maximum Gasteiger partial charge on any atom is 0.472 e. The highest BCUT2D eigenvalue weighted by Crippen LogP contribution is 2.42. The molecular formula is C34H56NO8P. The van der Waals surface area contributed by atoms with Crippen molar-refractivity contribution in [3.63, 3.8) is 0 Å². The second-order valence-electron chi connectivity index (χ2n) is 10.0. The van der Waals surface area contributed by atoms with Crippen molar-refractivity contribution in [2.75, 3.05) is 26.4 Å². The first-order valence-corrected chi connectivity index (χ1v) is 17.4. The van der Waals surface area contributed by atoms with Crippen molar-refractivity contribution >= 4 is 19.7 Å². The predicted octanol–water partition coefficient (Wildman–Crippen LogP) is 7.59. The number of amides is 1. The van der Waals surface area contributed by atoms with Crippen molar-refractivity contribution in [1.82, 2.24) is 5.32 Å². The van der Waals surface area contributed by atoms with Crippen LogP contribution < -0.4 is 5.32 Å². The molecule has 0 aliphatic rings. The zero-order valence-electron chi connectivity index (χ0n) is 26.8. The van der Waals surface area contributed by atoms with E-state index in [4.69, 9.17) is 9.26 Å². The van der Waals surface area contributed by atoms with Gasteiger partial charge in [0.1, 0.15) is 12.7 Å². The molecule has 9 nitrogen and oxygen atoms in total. The first kappa shape index (κ1) is 41.4. The number of hydrogen-bond donors (Lipinski definition) is 3. The van der Waals surface area contributed by atoms with Crippen LogP contribution in [0.1, 0.15) is 97.3 Å². The van der Waals surface area contributed by atoms with Gasteiger partial charge in [-0.2, -0.15) is 0 Å². The standard InChI is InChI=1S/C34H56NO8P/c1-3-5-6-7-8-9-10-11-12-13-14-15-16-17-18-19-20-21-22-23-24-25-26-27-34(38)41-30-32(36)31-43-44(39,40)42-29-28-35-33(37)4-2/h5-6,8-9,11-12,14-15,17-18,20-21,32,36H,3-4,7,10,13,16,19,22-31H2,1-2H3,(H,35,37)(H,39,40)/b6-5-,9-8-,12-11-,15-14-,18-17-,21-20-. The molecule has 0 rings (SSSR count). The maximum absolute atomic E-state index is 11.9. The monoisotopic (exact) mass is 637 g/mol. The summed E-state index contributed by atoms with van der Waals surface area (Å²) in [6, 6.07) is 0.